The molecular formula is C18H39IN4O4. The Balaban J connectivity index is 0. The van der Waals surface area contributed by atoms with Gasteiger partial charge in [0.25, 0.3) is 0 Å². The number of amides is 1. The Morgan fingerprint density at radius 3 is 2.26 bits per heavy atom. The Bertz CT molecular complexity index is 426. The van der Waals surface area contributed by atoms with Crippen molar-refractivity contribution in [3.05, 3.63) is 0 Å². The minimum absolute atomic E-state index is 0. The topological polar surface area (TPSA) is 93.2 Å². The fourth-order valence-corrected chi connectivity index (χ4v) is 1.86. The van der Waals surface area contributed by atoms with Gasteiger partial charge < -0.3 is 30.2 Å². The van der Waals surface area contributed by atoms with Gasteiger partial charge in [-0.05, 0) is 48.0 Å². The molecule has 8 nitrogen and oxygen atoms in total. The molecule has 0 aliphatic heterocycles. The summed E-state index contributed by atoms with van der Waals surface area (Å²) in [6.45, 7) is 15.2. The molecule has 9 heteroatoms. The van der Waals surface area contributed by atoms with E-state index in [9.17, 15) is 4.79 Å². The van der Waals surface area contributed by atoms with Crippen LogP contribution in [-0.4, -0.2) is 69.8 Å². The summed E-state index contributed by atoms with van der Waals surface area (Å²) in [6, 6.07) is 0. The van der Waals surface area contributed by atoms with Crippen molar-refractivity contribution in [2.75, 3.05) is 46.6 Å². The van der Waals surface area contributed by atoms with E-state index in [1.54, 1.807) is 7.11 Å². The van der Waals surface area contributed by atoms with Gasteiger partial charge in [-0.15, -0.1) is 24.0 Å². The van der Waals surface area contributed by atoms with Crippen LogP contribution in [0.1, 0.15) is 48.0 Å². The van der Waals surface area contributed by atoms with Gasteiger partial charge in [0.15, 0.2) is 5.96 Å². The van der Waals surface area contributed by atoms with Crippen LogP contribution >= 0.6 is 24.0 Å². The Morgan fingerprint density at radius 1 is 1.04 bits per heavy atom. The minimum Gasteiger partial charge on any atom is -0.444 e. The Hall–Kier alpha value is -0.810. The molecule has 27 heavy (non-hydrogen) atoms. The molecule has 0 aliphatic carbocycles. The van der Waals surface area contributed by atoms with Crippen LogP contribution in [0.2, 0.25) is 0 Å². The van der Waals surface area contributed by atoms with E-state index in [0.717, 1.165) is 19.5 Å². The zero-order chi connectivity index (χ0) is 20.1. The first kappa shape index (κ1) is 28.4. The lowest BCUT2D eigenvalue weighted by Crippen LogP contribution is -2.49. The second-order valence-electron chi connectivity index (χ2n) is 7.59. The number of rotatable bonds is 11. The molecule has 0 bridgehead atoms. The van der Waals surface area contributed by atoms with E-state index >= 15 is 0 Å². The van der Waals surface area contributed by atoms with Crippen LogP contribution in [0.15, 0.2) is 4.99 Å². The maximum Gasteiger partial charge on any atom is 0.408 e. The van der Waals surface area contributed by atoms with Crippen molar-refractivity contribution in [2.45, 2.75) is 59.1 Å². The van der Waals surface area contributed by atoms with Crippen LogP contribution in [0, 0.1) is 0 Å². The van der Waals surface area contributed by atoms with Gasteiger partial charge in [-0.2, -0.15) is 0 Å². The summed E-state index contributed by atoms with van der Waals surface area (Å²) in [5, 5.41) is 9.30. The molecule has 162 valence electrons. The number of alkyl carbamates (subject to hydrolysis) is 1. The number of nitrogens with one attached hydrogen (secondary N) is 3. The van der Waals surface area contributed by atoms with E-state index < -0.39 is 17.2 Å². The van der Waals surface area contributed by atoms with Gasteiger partial charge in [0.2, 0.25) is 0 Å². The lowest BCUT2D eigenvalue weighted by molar-refractivity contribution is 0.0476. The smallest absolute Gasteiger partial charge is 0.408 e. The number of methoxy groups -OCH3 is 1. The van der Waals surface area contributed by atoms with E-state index in [0.29, 0.717) is 32.3 Å². The molecule has 0 aromatic rings. The number of hydrogen-bond acceptors (Lipinski definition) is 5. The molecule has 0 aromatic heterocycles. The highest BCUT2D eigenvalue weighted by Crippen LogP contribution is 2.09. The van der Waals surface area contributed by atoms with E-state index in [1.807, 2.05) is 41.5 Å². The standard InChI is InChI=1S/C18H38N4O4.HI/c1-8-19-15(20-10-9-11-25-13-12-24-7)21-14-18(5,6)22-16(23)26-17(2,3)4;/h8-14H2,1-7H3,(H,22,23)(H2,19,20,21);1H. The molecule has 3 N–H and O–H groups in total. The van der Waals surface area contributed by atoms with Crippen molar-refractivity contribution >= 4 is 36.0 Å². The van der Waals surface area contributed by atoms with Crippen LogP contribution in [0.5, 0.6) is 0 Å². The third-order valence-electron chi connectivity index (χ3n) is 3.01. The number of guanidine groups is 1. The Kier molecular flexibility index (Phi) is 15.9. The quantitative estimate of drug-likeness (QED) is 0.174. The molecule has 1 amide bonds. The van der Waals surface area contributed by atoms with Gasteiger partial charge >= 0.3 is 6.09 Å². The van der Waals surface area contributed by atoms with Gasteiger partial charge in [-0.3, -0.25) is 4.99 Å². The van der Waals surface area contributed by atoms with Crippen molar-refractivity contribution in [2.24, 2.45) is 4.99 Å². The lowest BCUT2D eigenvalue weighted by Gasteiger charge is -2.27. The second kappa shape index (κ2) is 15.2. The van der Waals surface area contributed by atoms with Crippen LogP contribution in [0.4, 0.5) is 4.79 Å². The van der Waals surface area contributed by atoms with E-state index in [2.05, 4.69) is 20.9 Å². The maximum atomic E-state index is 11.9. The first-order valence-electron chi connectivity index (χ1n) is 9.19. The summed E-state index contributed by atoms with van der Waals surface area (Å²) in [4.78, 5) is 16.5. The molecule has 0 rings (SSSR count). The molecule has 0 aliphatic rings. The van der Waals surface area contributed by atoms with Crippen LogP contribution in [0.3, 0.4) is 0 Å². The number of nitrogens with zero attached hydrogens (tertiary/aromatic N) is 1. The maximum absolute atomic E-state index is 11.9. The normalized spacial score (nSPS) is 12.2. The zero-order valence-corrected chi connectivity index (χ0v) is 20.3. The summed E-state index contributed by atoms with van der Waals surface area (Å²) in [5.74, 6) is 0.712. The van der Waals surface area contributed by atoms with Crippen molar-refractivity contribution in [1.29, 1.82) is 0 Å². The van der Waals surface area contributed by atoms with Crippen molar-refractivity contribution in [3.63, 3.8) is 0 Å². The first-order chi connectivity index (χ1) is 12.1. The number of hydrogen-bond donors (Lipinski definition) is 3. The van der Waals surface area contributed by atoms with Crippen molar-refractivity contribution in [3.8, 4) is 0 Å². The highest BCUT2D eigenvalue weighted by atomic mass is 127. The monoisotopic (exact) mass is 502 g/mol. The molecule has 0 unspecified atom stereocenters. The number of halogens is 1. The minimum atomic E-state index is -0.523. The molecule has 0 spiro atoms. The molecular weight excluding hydrogens is 463 g/mol. The molecule has 0 radical (unpaired) electrons. The highest BCUT2D eigenvalue weighted by Gasteiger charge is 2.24. The van der Waals surface area contributed by atoms with Crippen LogP contribution in [0.25, 0.3) is 0 Å². The average Bonchev–Trinajstić information content (AvgIpc) is 2.49. The number of aliphatic imine (C=N–C) groups is 1. The number of carbonyl (C=O) groups is 1. The van der Waals surface area contributed by atoms with Gasteiger partial charge in [-0.1, -0.05) is 0 Å². The van der Waals surface area contributed by atoms with Gasteiger partial charge in [0.05, 0.1) is 25.3 Å². The Labute approximate surface area is 181 Å². The number of carbonyl (C=O) groups excluding carboxylic acids is 1. The predicted molar refractivity (Wildman–Crippen MR) is 120 cm³/mol. The molecule has 0 aromatic carbocycles. The summed E-state index contributed by atoms with van der Waals surface area (Å²) < 4.78 is 15.6. The fraction of sp³-hybridized carbons (Fsp3) is 0.889. The highest BCUT2D eigenvalue weighted by molar-refractivity contribution is 14.0. The lowest BCUT2D eigenvalue weighted by atomic mass is 10.1. The third kappa shape index (κ3) is 18.3. The van der Waals surface area contributed by atoms with Crippen molar-refractivity contribution in [1.82, 2.24) is 16.0 Å². The first-order valence-corrected chi connectivity index (χ1v) is 9.19. The number of ether oxygens (including phenoxy) is 3. The second-order valence-corrected chi connectivity index (χ2v) is 7.59. The van der Waals surface area contributed by atoms with Crippen molar-refractivity contribution < 1.29 is 19.0 Å². The molecule has 0 saturated carbocycles. The van der Waals surface area contributed by atoms with E-state index in [4.69, 9.17) is 14.2 Å². The third-order valence-corrected chi connectivity index (χ3v) is 3.01. The largest absolute Gasteiger partial charge is 0.444 e. The van der Waals surface area contributed by atoms with Crippen LogP contribution < -0.4 is 16.0 Å². The van der Waals surface area contributed by atoms with E-state index in [1.165, 1.54) is 0 Å². The zero-order valence-electron chi connectivity index (χ0n) is 17.9. The van der Waals surface area contributed by atoms with Gasteiger partial charge in [-0.25, -0.2) is 4.79 Å². The predicted octanol–water partition coefficient (Wildman–Crippen LogP) is 2.52. The van der Waals surface area contributed by atoms with Crippen LogP contribution in [-0.2, 0) is 14.2 Å². The summed E-state index contributed by atoms with van der Waals surface area (Å²) in [6.07, 6.45) is 0.428. The molecule has 0 atom stereocenters. The van der Waals surface area contributed by atoms with E-state index in [-0.39, 0.29) is 24.0 Å². The molecule has 0 heterocycles. The van der Waals surface area contributed by atoms with Gasteiger partial charge in [0, 0.05) is 26.8 Å². The Morgan fingerprint density at radius 2 is 1.70 bits per heavy atom. The summed E-state index contributed by atoms with van der Waals surface area (Å²) >= 11 is 0. The summed E-state index contributed by atoms with van der Waals surface area (Å²) in [7, 11) is 1.66. The molecule has 0 fully saturated rings. The fourth-order valence-electron chi connectivity index (χ4n) is 1.86. The molecule has 0 saturated heterocycles. The van der Waals surface area contributed by atoms with Gasteiger partial charge in [0.1, 0.15) is 5.60 Å². The average molecular weight is 502 g/mol. The summed E-state index contributed by atoms with van der Waals surface area (Å²) in [5.41, 5.74) is -1.04. The SMILES string of the molecule is CCNC(=NCC(C)(C)NC(=O)OC(C)(C)C)NCCCOCCOC.I.